The van der Waals surface area contributed by atoms with Gasteiger partial charge >= 0.3 is 0 Å². The fourth-order valence-corrected chi connectivity index (χ4v) is 7.99. The van der Waals surface area contributed by atoms with E-state index in [1.54, 1.807) is 40.9 Å². The molecular weight excluding hydrogens is 474 g/mol. The monoisotopic (exact) mass is 501 g/mol. The minimum Gasteiger partial charge on any atom is -0.395 e. The van der Waals surface area contributed by atoms with Crippen molar-refractivity contribution in [1.82, 2.24) is 9.80 Å². The topological polar surface area (TPSA) is 81.2 Å². The van der Waals surface area contributed by atoms with Crippen molar-refractivity contribution in [3.8, 4) is 0 Å². The summed E-state index contributed by atoms with van der Waals surface area (Å²) in [5.74, 6) is -1.64. The Hall–Kier alpha value is -2.29. The van der Waals surface area contributed by atoms with Crippen LogP contribution in [0.25, 0.3) is 0 Å². The van der Waals surface area contributed by atoms with Gasteiger partial charge in [-0.25, -0.2) is 0 Å². The maximum absolute atomic E-state index is 14.1. The third-order valence-corrected chi connectivity index (χ3v) is 9.21. The molecule has 3 amide bonds. The summed E-state index contributed by atoms with van der Waals surface area (Å²) in [6.07, 6.45) is 8.80. The molecule has 1 spiro atoms. The fraction of sp³-hybridized carbons (Fsp3) is 0.480. The molecule has 4 heterocycles. The number of benzene rings is 1. The number of aliphatic hydroxyl groups is 1. The zero-order chi connectivity index (χ0) is 24.0. The van der Waals surface area contributed by atoms with Crippen molar-refractivity contribution in [3.05, 3.63) is 53.6 Å². The lowest BCUT2D eigenvalue weighted by Gasteiger charge is -2.35. The van der Waals surface area contributed by atoms with E-state index < -0.39 is 22.6 Å². The Labute approximate surface area is 208 Å². The molecule has 1 aromatic rings. The third kappa shape index (κ3) is 3.49. The third-order valence-electron chi connectivity index (χ3n) is 7.21. The highest BCUT2D eigenvalue weighted by Crippen LogP contribution is 2.61. The quantitative estimate of drug-likeness (QED) is 0.626. The molecule has 9 heteroatoms. The van der Waals surface area contributed by atoms with Crippen molar-refractivity contribution in [2.45, 2.75) is 29.4 Å². The largest absolute Gasteiger partial charge is 0.395 e. The molecule has 5 atom stereocenters. The Morgan fingerprint density at radius 1 is 1.06 bits per heavy atom. The second-order valence-corrected chi connectivity index (χ2v) is 11.1. The number of carbonyl (C=O) groups is 3. The second kappa shape index (κ2) is 9.06. The maximum Gasteiger partial charge on any atom is 0.251 e. The molecule has 4 aliphatic rings. The van der Waals surface area contributed by atoms with E-state index in [9.17, 15) is 19.5 Å². The molecule has 5 rings (SSSR count). The Morgan fingerprint density at radius 3 is 2.53 bits per heavy atom. The Morgan fingerprint density at radius 2 is 1.82 bits per heavy atom. The Bertz CT molecular complexity index is 1060. The highest BCUT2D eigenvalue weighted by atomic mass is 35.5. The zero-order valence-electron chi connectivity index (χ0n) is 19.0. The average Bonchev–Trinajstić information content (AvgIpc) is 3.13. The van der Waals surface area contributed by atoms with Crippen molar-refractivity contribution in [2.75, 3.05) is 37.7 Å². The number of thioether (sulfide) groups is 1. The summed E-state index contributed by atoms with van der Waals surface area (Å²) in [5, 5.41) is 10.2. The standard InChI is InChI=1S/C25H28ClN3O4S/c1-2-11-27-12-3-5-18-19(22(27)31)20-23(32)29(14-15-30)21-24(33)28(13-4-10-25(20,21)34-18)17-8-6-16(26)7-9-17/h3-10,18-21,30H,2,11-15H2,1H3/t18-,19+,20+,21?,25+/m1/s1. The molecule has 34 heavy (non-hydrogen) atoms. The molecular formula is C25H28ClN3O4S. The molecule has 0 bridgehead atoms. The first kappa shape index (κ1) is 23.5. The van der Waals surface area contributed by atoms with E-state index in [0.29, 0.717) is 30.3 Å². The first-order valence-corrected chi connectivity index (χ1v) is 13.0. The van der Waals surface area contributed by atoms with Crippen LogP contribution in [-0.2, 0) is 14.4 Å². The van der Waals surface area contributed by atoms with Crippen LogP contribution < -0.4 is 4.90 Å². The number of β-amino-alcohol motifs (C(OH)–C–C–N with tert-alkyl or cyclic N) is 1. The summed E-state index contributed by atoms with van der Waals surface area (Å²) in [4.78, 5) is 46.5. The van der Waals surface area contributed by atoms with E-state index in [0.717, 1.165) is 6.42 Å². The van der Waals surface area contributed by atoms with Crippen LogP contribution in [0.15, 0.2) is 48.6 Å². The molecule has 180 valence electrons. The van der Waals surface area contributed by atoms with Crippen molar-refractivity contribution >= 4 is 46.8 Å². The second-order valence-electron chi connectivity index (χ2n) is 9.14. The fourth-order valence-electron chi connectivity index (χ4n) is 5.86. The maximum atomic E-state index is 14.1. The number of likely N-dealkylation sites (tertiary alicyclic amines) is 1. The van der Waals surface area contributed by atoms with Crippen LogP contribution in [-0.4, -0.2) is 81.5 Å². The van der Waals surface area contributed by atoms with E-state index in [2.05, 4.69) is 0 Å². The first-order chi connectivity index (χ1) is 16.4. The lowest BCUT2D eigenvalue weighted by Crippen LogP contribution is -2.53. The number of carbonyl (C=O) groups excluding carboxylic acids is 3. The molecule has 1 aromatic carbocycles. The molecule has 0 aromatic heterocycles. The smallest absolute Gasteiger partial charge is 0.251 e. The molecule has 0 saturated carbocycles. The predicted octanol–water partition coefficient (Wildman–Crippen LogP) is 2.34. The van der Waals surface area contributed by atoms with Gasteiger partial charge in [0.1, 0.15) is 6.04 Å². The number of aliphatic hydroxyl groups excluding tert-OH is 1. The van der Waals surface area contributed by atoms with Gasteiger partial charge in [-0.3, -0.25) is 14.4 Å². The van der Waals surface area contributed by atoms with Crippen LogP contribution in [0.4, 0.5) is 5.69 Å². The van der Waals surface area contributed by atoms with Crippen molar-refractivity contribution in [1.29, 1.82) is 0 Å². The van der Waals surface area contributed by atoms with Crippen LogP contribution >= 0.6 is 23.4 Å². The van der Waals surface area contributed by atoms with Gasteiger partial charge in [-0.15, -0.1) is 11.8 Å². The average molecular weight is 502 g/mol. The van der Waals surface area contributed by atoms with Gasteiger partial charge in [0.25, 0.3) is 5.91 Å². The van der Waals surface area contributed by atoms with Crippen LogP contribution in [0.2, 0.25) is 5.02 Å². The number of fused-ring (bicyclic) bond motifs is 2. The number of halogens is 1. The van der Waals surface area contributed by atoms with Crippen molar-refractivity contribution in [3.63, 3.8) is 0 Å². The van der Waals surface area contributed by atoms with Crippen LogP contribution in [0.5, 0.6) is 0 Å². The summed E-state index contributed by atoms with van der Waals surface area (Å²) < 4.78 is -0.866. The van der Waals surface area contributed by atoms with Crippen LogP contribution in [0.3, 0.4) is 0 Å². The number of anilines is 1. The molecule has 0 radical (unpaired) electrons. The lowest BCUT2D eigenvalue weighted by atomic mass is 9.78. The summed E-state index contributed by atoms with van der Waals surface area (Å²) in [5.41, 5.74) is 0.693. The van der Waals surface area contributed by atoms with Gasteiger partial charge in [0.2, 0.25) is 11.8 Å². The first-order valence-electron chi connectivity index (χ1n) is 11.7. The normalized spacial score (nSPS) is 32.6. The van der Waals surface area contributed by atoms with Gasteiger partial charge in [-0.05, 0) is 30.7 Å². The molecule has 7 nitrogen and oxygen atoms in total. The summed E-state index contributed by atoms with van der Waals surface area (Å²) in [7, 11) is 0. The van der Waals surface area contributed by atoms with Gasteiger partial charge in [0, 0.05) is 42.1 Å². The van der Waals surface area contributed by atoms with Gasteiger partial charge in [0.15, 0.2) is 0 Å². The number of hydrogen-bond donors (Lipinski definition) is 1. The lowest BCUT2D eigenvalue weighted by molar-refractivity contribution is -0.143. The SMILES string of the molecule is CCCN1CC=C[C@H]2S[C@]34C=CCN(c5ccc(Cl)cc5)C(=O)C3N(CCO)C(=O)[C@@H]4[C@H]2C1=O. The number of amides is 3. The summed E-state index contributed by atoms with van der Waals surface area (Å²) in [6, 6.07) is 6.24. The van der Waals surface area contributed by atoms with Gasteiger partial charge in [-0.2, -0.15) is 0 Å². The van der Waals surface area contributed by atoms with E-state index in [-0.39, 0.29) is 36.1 Å². The molecule has 1 N–H and O–H groups in total. The zero-order valence-corrected chi connectivity index (χ0v) is 20.5. The summed E-state index contributed by atoms with van der Waals surface area (Å²) in [6.45, 7) is 3.36. The van der Waals surface area contributed by atoms with Gasteiger partial charge in [0.05, 0.1) is 23.2 Å². The minimum absolute atomic E-state index is 0.0242. The van der Waals surface area contributed by atoms with Crippen LogP contribution in [0.1, 0.15) is 13.3 Å². The Kier molecular flexibility index (Phi) is 6.25. The highest BCUT2D eigenvalue weighted by Gasteiger charge is 2.70. The van der Waals surface area contributed by atoms with Gasteiger partial charge in [-0.1, -0.05) is 42.8 Å². The van der Waals surface area contributed by atoms with E-state index in [1.165, 1.54) is 4.90 Å². The van der Waals surface area contributed by atoms with Crippen molar-refractivity contribution < 1.29 is 19.5 Å². The molecule has 2 saturated heterocycles. The Balaban J connectivity index is 1.59. The molecule has 2 fully saturated rings. The van der Waals surface area contributed by atoms with E-state index in [1.807, 2.05) is 36.1 Å². The number of hydrogen-bond acceptors (Lipinski definition) is 5. The number of rotatable bonds is 5. The van der Waals surface area contributed by atoms with E-state index >= 15 is 0 Å². The molecule has 4 aliphatic heterocycles. The minimum atomic E-state index is -0.866. The van der Waals surface area contributed by atoms with E-state index in [4.69, 9.17) is 11.6 Å². The van der Waals surface area contributed by atoms with Crippen LogP contribution in [0, 0.1) is 11.8 Å². The number of nitrogens with zero attached hydrogens (tertiary/aromatic N) is 3. The highest BCUT2D eigenvalue weighted by molar-refractivity contribution is 8.02. The van der Waals surface area contributed by atoms with Crippen molar-refractivity contribution in [2.24, 2.45) is 11.8 Å². The summed E-state index contributed by atoms with van der Waals surface area (Å²) >= 11 is 7.60. The molecule has 1 unspecified atom stereocenters. The van der Waals surface area contributed by atoms with Gasteiger partial charge < -0.3 is 19.8 Å². The molecule has 0 aliphatic carbocycles. The predicted molar refractivity (Wildman–Crippen MR) is 133 cm³/mol.